The number of hydrogen-bond acceptors (Lipinski definition) is 3. The molecule has 2 N–H and O–H groups in total. The van der Waals surface area contributed by atoms with Crippen molar-refractivity contribution in [1.29, 1.82) is 0 Å². The molecule has 1 unspecified atom stereocenters. The molecule has 0 aliphatic rings. The van der Waals surface area contributed by atoms with E-state index in [-0.39, 0.29) is 6.04 Å². The fourth-order valence-corrected chi connectivity index (χ4v) is 1.56. The quantitative estimate of drug-likeness (QED) is 0.818. The van der Waals surface area contributed by atoms with Crippen LogP contribution in [0.4, 0.5) is 8.78 Å². The fraction of sp³-hybridized carbons (Fsp3) is 0.538. The Labute approximate surface area is 106 Å². The van der Waals surface area contributed by atoms with Gasteiger partial charge in [0.15, 0.2) is 11.5 Å². The molecular formula is C13H19F2NO2. The monoisotopic (exact) mass is 259 g/mol. The number of benzene rings is 1. The summed E-state index contributed by atoms with van der Waals surface area (Å²) in [6.45, 7) is 1.36. The minimum atomic E-state index is -2.50. The number of halogens is 2. The Morgan fingerprint density at radius 2 is 2.00 bits per heavy atom. The Hall–Kier alpha value is -1.36. The lowest BCUT2D eigenvalue weighted by molar-refractivity contribution is 0.0804. The van der Waals surface area contributed by atoms with Gasteiger partial charge in [0.2, 0.25) is 0 Å². The van der Waals surface area contributed by atoms with E-state index < -0.39 is 13.0 Å². The second-order valence-corrected chi connectivity index (χ2v) is 4.06. The molecule has 0 aliphatic carbocycles. The third kappa shape index (κ3) is 4.49. The molecule has 0 bridgehead atoms. The second-order valence-electron chi connectivity index (χ2n) is 4.06. The minimum absolute atomic E-state index is 0.0568. The van der Waals surface area contributed by atoms with E-state index in [0.717, 1.165) is 12.0 Å². The lowest BCUT2D eigenvalue weighted by Gasteiger charge is -2.14. The van der Waals surface area contributed by atoms with Gasteiger partial charge < -0.3 is 15.2 Å². The molecule has 1 rings (SSSR count). The van der Waals surface area contributed by atoms with Gasteiger partial charge in [-0.2, -0.15) is 0 Å². The highest BCUT2D eigenvalue weighted by Gasteiger charge is 2.10. The molecule has 0 aromatic heterocycles. The summed E-state index contributed by atoms with van der Waals surface area (Å²) in [7, 11) is 1.47. The SMILES string of the molecule is CCC(N)Cc1ccc(OC)c(OCC(F)F)c1. The van der Waals surface area contributed by atoms with Crippen molar-refractivity contribution in [3.63, 3.8) is 0 Å². The second kappa shape index (κ2) is 7.16. The lowest BCUT2D eigenvalue weighted by Crippen LogP contribution is -2.21. The van der Waals surface area contributed by atoms with Crippen molar-refractivity contribution in [2.24, 2.45) is 5.73 Å². The summed E-state index contributed by atoms with van der Waals surface area (Å²) in [6, 6.07) is 5.33. The van der Waals surface area contributed by atoms with Gasteiger partial charge in [-0.1, -0.05) is 13.0 Å². The molecule has 5 heteroatoms. The summed E-state index contributed by atoms with van der Waals surface area (Å²) in [5.41, 5.74) is 6.81. The average Bonchev–Trinajstić information content (AvgIpc) is 2.36. The zero-order valence-electron chi connectivity index (χ0n) is 10.7. The maximum Gasteiger partial charge on any atom is 0.272 e. The summed E-state index contributed by atoms with van der Waals surface area (Å²) >= 11 is 0. The van der Waals surface area contributed by atoms with Gasteiger partial charge in [-0.3, -0.25) is 0 Å². The molecule has 0 spiro atoms. The van der Waals surface area contributed by atoms with Crippen LogP contribution in [0.1, 0.15) is 18.9 Å². The number of alkyl halides is 2. The van der Waals surface area contributed by atoms with Crippen molar-refractivity contribution in [1.82, 2.24) is 0 Å². The molecule has 1 aromatic rings. The van der Waals surface area contributed by atoms with Crippen LogP contribution in [0.5, 0.6) is 11.5 Å². The van der Waals surface area contributed by atoms with Gasteiger partial charge in [0.05, 0.1) is 7.11 Å². The van der Waals surface area contributed by atoms with Gasteiger partial charge in [-0.15, -0.1) is 0 Å². The molecule has 3 nitrogen and oxygen atoms in total. The zero-order valence-corrected chi connectivity index (χ0v) is 10.7. The van der Waals surface area contributed by atoms with Crippen molar-refractivity contribution in [2.45, 2.75) is 32.2 Å². The van der Waals surface area contributed by atoms with Gasteiger partial charge in [0, 0.05) is 6.04 Å². The molecule has 18 heavy (non-hydrogen) atoms. The smallest absolute Gasteiger partial charge is 0.272 e. The predicted molar refractivity (Wildman–Crippen MR) is 66.5 cm³/mol. The van der Waals surface area contributed by atoms with Crippen molar-refractivity contribution >= 4 is 0 Å². The maximum atomic E-state index is 12.1. The van der Waals surface area contributed by atoms with Crippen molar-refractivity contribution in [3.8, 4) is 11.5 Å². The number of hydrogen-bond donors (Lipinski definition) is 1. The summed E-state index contributed by atoms with van der Waals surface area (Å²) in [5, 5.41) is 0. The first kappa shape index (κ1) is 14.7. The molecule has 0 fully saturated rings. The Balaban J connectivity index is 2.80. The highest BCUT2D eigenvalue weighted by molar-refractivity contribution is 5.43. The van der Waals surface area contributed by atoms with Gasteiger partial charge >= 0.3 is 0 Å². The van der Waals surface area contributed by atoms with Crippen molar-refractivity contribution < 1.29 is 18.3 Å². The lowest BCUT2D eigenvalue weighted by atomic mass is 10.0. The summed E-state index contributed by atoms with van der Waals surface area (Å²) in [4.78, 5) is 0. The van der Waals surface area contributed by atoms with E-state index in [9.17, 15) is 8.78 Å². The standard InChI is InChI=1S/C13H19F2NO2/c1-3-10(16)6-9-4-5-11(17-2)12(7-9)18-8-13(14)15/h4-5,7,10,13H,3,6,8,16H2,1-2H3. The predicted octanol–water partition coefficient (Wildman–Crippen LogP) is 2.62. The van der Waals surface area contributed by atoms with E-state index in [1.165, 1.54) is 7.11 Å². The molecular weight excluding hydrogens is 240 g/mol. The van der Waals surface area contributed by atoms with Gasteiger partial charge in [-0.05, 0) is 30.5 Å². The van der Waals surface area contributed by atoms with Crippen LogP contribution < -0.4 is 15.2 Å². The van der Waals surface area contributed by atoms with Gasteiger partial charge in [-0.25, -0.2) is 8.78 Å². The summed E-state index contributed by atoms with van der Waals surface area (Å²) in [6.07, 6.45) is -0.957. The largest absolute Gasteiger partial charge is 0.493 e. The summed E-state index contributed by atoms with van der Waals surface area (Å²) in [5.74, 6) is 0.781. The number of ether oxygens (including phenoxy) is 2. The first-order valence-corrected chi connectivity index (χ1v) is 5.90. The van der Waals surface area contributed by atoms with E-state index in [0.29, 0.717) is 17.9 Å². The van der Waals surface area contributed by atoms with Crippen LogP contribution in [0.25, 0.3) is 0 Å². The van der Waals surface area contributed by atoms with Gasteiger partial charge in [0.25, 0.3) is 6.43 Å². The normalized spacial score (nSPS) is 12.6. The Kier molecular flexibility index (Phi) is 5.85. The molecule has 1 aromatic carbocycles. The number of nitrogens with two attached hydrogens (primary N) is 1. The highest BCUT2D eigenvalue weighted by Crippen LogP contribution is 2.28. The van der Waals surface area contributed by atoms with E-state index >= 15 is 0 Å². The van der Waals surface area contributed by atoms with E-state index in [1.54, 1.807) is 12.1 Å². The third-order valence-corrected chi connectivity index (χ3v) is 2.62. The minimum Gasteiger partial charge on any atom is -0.493 e. The molecule has 0 heterocycles. The fourth-order valence-electron chi connectivity index (χ4n) is 1.56. The molecule has 0 saturated carbocycles. The molecule has 102 valence electrons. The van der Waals surface area contributed by atoms with Crippen LogP contribution >= 0.6 is 0 Å². The van der Waals surface area contributed by atoms with Crippen LogP contribution in [0.2, 0.25) is 0 Å². The van der Waals surface area contributed by atoms with E-state index in [1.807, 2.05) is 13.0 Å². The van der Waals surface area contributed by atoms with Crippen LogP contribution in [0, 0.1) is 0 Å². The van der Waals surface area contributed by atoms with Crippen LogP contribution in [0.3, 0.4) is 0 Å². The molecule has 1 atom stereocenters. The molecule has 0 radical (unpaired) electrons. The first-order valence-electron chi connectivity index (χ1n) is 5.90. The Morgan fingerprint density at radius 1 is 1.28 bits per heavy atom. The van der Waals surface area contributed by atoms with E-state index in [2.05, 4.69) is 0 Å². The molecule has 0 saturated heterocycles. The third-order valence-electron chi connectivity index (χ3n) is 2.62. The topological polar surface area (TPSA) is 44.5 Å². The Bertz CT molecular complexity index is 372. The van der Waals surface area contributed by atoms with Crippen molar-refractivity contribution in [2.75, 3.05) is 13.7 Å². The van der Waals surface area contributed by atoms with Gasteiger partial charge in [0.1, 0.15) is 6.61 Å². The van der Waals surface area contributed by atoms with Crippen LogP contribution in [-0.4, -0.2) is 26.2 Å². The van der Waals surface area contributed by atoms with E-state index in [4.69, 9.17) is 15.2 Å². The summed E-state index contributed by atoms with van der Waals surface area (Å²) < 4.78 is 34.4. The number of rotatable bonds is 7. The van der Waals surface area contributed by atoms with Crippen molar-refractivity contribution in [3.05, 3.63) is 23.8 Å². The zero-order chi connectivity index (χ0) is 13.5. The average molecular weight is 259 g/mol. The van der Waals surface area contributed by atoms with Crippen LogP contribution in [-0.2, 0) is 6.42 Å². The number of methoxy groups -OCH3 is 1. The van der Waals surface area contributed by atoms with Crippen LogP contribution in [0.15, 0.2) is 18.2 Å². The first-order chi connectivity index (χ1) is 8.56. The highest BCUT2D eigenvalue weighted by atomic mass is 19.3. The maximum absolute atomic E-state index is 12.1. The molecule has 0 aliphatic heterocycles. The molecule has 0 amide bonds. The Morgan fingerprint density at radius 3 is 2.56 bits per heavy atom.